The first-order valence-electron chi connectivity index (χ1n) is 0. The second-order valence-corrected chi connectivity index (χ2v) is 0. The molecule has 0 saturated carbocycles. The molecule has 0 heterocycles. The third-order valence-corrected chi connectivity index (χ3v) is 0. The van der Waals surface area contributed by atoms with Crippen molar-refractivity contribution in [2.45, 2.75) is 0 Å². The fraction of sp³-hybridized carbons (Fsp3) is 0. The van der Waals surface area contributed by atoms with Gasteiger partial charge in [-0.1, -0.05) is 0 Å². The molecule has 14 N–H and O–H groups in total. The van der Waals surface area contributed by atoms with Crippen LogP contribution < -0.4 is 0 Å². The van der Waals surface area contributed by atoms with E-state index >= 15 is 0 Å². The molecule has 0 aromatic heterocycles. The molecule has 0 fully saturated rings. The zero-order valence-corrected chi connectivity index (χ0v) is 3.50. The maximum absolute atomic E-state index is 0. The van der Waals surface area contributed by atoms with Crippen molar-refractivity contribution in [1.29, 1.82) is 0 Å². The zero-order valence-electron chi connectivity index (χ0n) is 3.50. The topological polar surface area (TPSA) is 220 Å². The summed E-state index contributed by atoms with van der Waals surface area (Å²) in [7, 11) is 0. The van der Waals surface area contributed by atoms with Crippen LogP contribution in [0.3, 0.4) is 0 Å². The zero-order chi connectivity index (χ0) is 0. The standard InChI is InChI=1S/36Al.7H2O.108H/h;;;;;;;;;;;;;;;;;;;;;;;;;;;;;;;;;;;;7*1H2;;;;;;;;;;;;;;;;;;;;;;;;;;;;;;;;;;;;;;;;;;;;;;;;;;;;;;;;;;;;;;;;;;;;;;;;;;;;;;;;;;;;;;;;;;;;;;;;;;;;;;;;;;;;. The van der Waals surface area contributed by atoms with E-state index < -0.39 is 0 Å². The summed E-state index contributed by atoms with van der Waals surface area (Å²) in [4.78, 5) is 0. The van der Waals surface area contributed by atoms with Gasteiger partial charge in [0.2, 0.25) is 0 Å². The Labute approximate surface area is 647 Å². The van der Waals surface area contributed by atoms with Gasteiger partial charge in [0.25, 0.3) is 0 Å². The van der Waals surface area contributed by atoms with Crippen molar-refractivity contribution in [3.63, 3.8) is 0 Å². The molecule has 0 aliphatic rings. The van der Waals surface area contributed by atoms with E-state index in [9.17, 15) is 0 Å². The highest BCUT2D eigenvalue weighted by molar-refractivity contribution is 5.79. The van der Waals surface area contributed by atoms with Gasteiger partial charge in [-0.2, -0.15) is 0 Å². The molecule has 0 aliphatic heterocycles. The molecule has 0 aromatic carbocycles. The van der Waals surface area contributed by atoms with Crippen molar-refractivity contribution >= 4 is 625 Å². The Hall–Kier alpha value is 18.9. The van der Waals surface area contributed by atoms with Gasteiger partial charge < -0.3 is 38.3 Å². The normalized spacial score (nSPS) is 0. The summed E-state index contributed by atoms with van der Waals surface area (Å²) in [5.41, 5.74) is 0. The largest absolute Gasteiger partial charge is 0.412 e. The van der Waals surface area contributed by atoms with Crippen LogP contribution in [-0.4, -0.2) is 663 Å². The van der Waals surface area contributed by atoms with Crippen molar-refractivity contribution in [2.75, 3.05) is 0 Å². The molecule has 0 amide bonds. The minimum Gasteiger partial charge on any atom is -0.412 e. The molecule has 0 saturated heterocycles. The Kier molecular flexibility index (Phi) is 9150. The average molecular weight is 1210 g/mol. The SMILES string of the molecule is O.O.O.O.O.O.O.[AlH3].[AlH3].[AlH3].[AlH3].[AlH3].[AlH3].[AlH3].[AlH3].[AlH3].[AlH3].[AlH3].[AlH3].[AlH3].[AlH3].[AlH3].[AlH3].[AlH3].[AlH3].[AlH3].[AlH3].[AlH3].[AlH3].[AlH3].[AlH3].[AlH3].[AlH3].[AlH3].[AlH3].[AlH3].[AlH3].[AlH3].[AlH3].[AlH3].[AlH3].[AlH3].[AlH3]. The maximum Gasteiger partial charge on any atom is 0.187 e. The van der Waals surface area contributed by atoms with Crippen molar-refractivity contribution < 1.29 is 38.3 Å². The summed E-state index contributed by atoms with van der Waals surface area (Å²) in [5.74, 6) is 0. The van der Waals surface area contributed by atoms with E-state index in [0.29, 0.717) is 0 Å². The lowest BCUT2D eigenvalue weighted by molar-refractivity contribution is 0.823. The van der Waals surface area contributed by atoms with E-state index in [1.165, 1.54) is 0 Å². The Morgan fingerprint density at radius 3 is 0.0465 bits per heavy atom. The van der Waals surface area contributed by atoms with Gasteiger partial charge in [0.05, 0.1) is 0 Å². The van der Waals surface area contributed by atoms with Crippen molar-refractivity contribution in [1.82, 2.24) is 0 Å². The summed E-state index contributed by atoms with van der Waals surface area (Å²) in [6.45, 7) is 0. The molecule has 0 spiro atoms. The highest BCUT2D eigenvalue weighted by Crippen LogP contribution is -0.279. The van der Waals surface area contributed by atoms with Crippen LogP contribution >= 0.6 is 0 Å². The fourth-order valence-corrected chi connectivity index (χ4v) is 0. The fourth-order valence-electron chi connectivity index (χ4n) is 0. The summed E-state index contributed by atoms with van der Waals surface area (Å²) >= 11 is 0. The highest BCUT2D eigenvalue weighted by Gasteiger charge is 0.222. The first-order chi connectivity index (χ1) is 0. The highest BCUT2D eigenvalue weighted by atomic mass is 27.0. The van der Waals surface area contributed by atoms with E-state index in [1.807, 2.05) is 0 Å². The molecule has 43 heteroatoms. The van der Waals surface area contributed by atoms with Crippen LogP contribution in [0.15, 0.2) is 0 Å². The minimum atomic E-state index is 0. The molecular formula is H122Al36O7. The van der Waals surface area contributed by atoms with Crippen LogP contribution in [0.4, 0.5) is 0 Å². The van der Waals surface area contributed by atoms with Crippen LogP contribution in [-0.2, 0) is 0 Å². The molecule has 0 atom stereocenters. The lowest BCUT2D eigenvalue weighted by Gasteiger charge is -0.413. The lowest BCUT2D eigenvalue weighted by atomic mass is 16.0. The van der Waals surface area contributed by atoms with Crippen LogP contribution in [0.1, 0.15) is 0 Å². The van der Waals surface area contributed by atoms with Crippen molar-refractivity contribution in [3.05, 3.63) is 0 Å². The predicted molar refractivity (Wildman–Crippen MR) is 383 cm³/mol. The molecule has 0 aliphatic carbocycles. The maximum atomic E-state index is 0. The predicted octanol–water partition coefficient (Wildman–Crippen LogP) is -48.4. The van der Waals surface area contributed by atoms with Gasteiger partial charge in [0.1, 0.15) is 0 Å². The van der Waals surface area contributed by atoms with E-state index in [0.717, 1.165) is 0 Å². The summed E-state index contributed by atoms with van der Waals surface area (Å²) in [6.07, 6.45) is 0. The Morgan fingerprint density at radius 2 is 0.0465 bits per heavy atom. The average Bonchev–Trinajstić information content (AvgIpc) is 0. The third-order valence-electron chi connectivity index (χ3n) is 0. The van der Waals surface area contributed by atoms with Crippen LogP contribution in [0, 0.1) is 0 Å². The van der Waals surface area contributed by atoms with Gasteiger partial charge >= 0.3 is 0 Å². The monoisotopic (exact) mass is 1210 g/mol. The molecule has 43 heavy (non-hydrogen) atoms. The molecule has 0 bridgehead atoms. The number of hydrogen-bond acceptors (Lipinski definition) is 0. The summed E-state index contributed by atoms with van der Waals surface area (Å²) in [5, 5.41) is 0. The van der Waals surface area contributed by atoms with Crippen LogP contribution in [0.5, 0.6) is 0 Å². The lowest BCUT2D eigenvalue weighted by Crippen LogP contribution is -0.382. The summed E-state index contributed by atoms with van der Waals surface area (Å²) < 4.78 is 0. The minimum absolute atomic E-state index is 0. The number of rotatable bonds is 0. The second kappa shape index (κ2) is 612. The number of hydrogen-bond donors (Lipinski definition) is 0. The van der Waals surface area contributed by atoms with Gasteiger partial charge in [-0.25, -0.2) is 0 Å². The smallest absolute Gasteiger partial charge is 0.187 e. The van der Waals surface area contributed by atoms with Crippen molar-refractivity contribution in [2.24, 2.45) is 0 Å². The molecular weight excluding hydrogens is 1080 g/mol. The van der Waals surface area contributed by atoms with E-state index in [-0.39, 0.29) is 663 Å². The molecule has 0 aromatic rings. The van der Waals surface area contributed by atoms with E-state index in [4.69, 9.17) is 0 Å². The van der Waals surface area contributed by atoms with Crippen LogP contribution in [0.2, 0.25) is 0 Å². The second-order valence-electron chi connectivity index (χ2n) is 0. The van der Waals surface area contributed by atoms with E-state index in [1.54, 1.807) is 0 Å². The molecule has 0 radical (unpaired) electrons. The van der Waals surface area contributed by atoms with Gasteiger partial charge in [0, 0.05) is 0 Å². The first-order valence-corrected chi connectivity index (χ1v) is 0. The first kappa shape index (κ1) is 643. The van der Waals surface area contributed by atoms with Gasteiger partial charge in [-0.05, 0) is 0 Å². The molecule has 0 unspecified atom stereocenters. The Bertz CT molecular complexity index is 27.6. The van der Waals surface area contributed by atoms with Gasteiger partial charge in [-0.15, -0.1) is 0 Å². The van der Waals surface area contributed by atoms with E-state index in [2.05, 4.69) is 0 Å². The van der Waals surface area contributed by atoms with Gasteiger partial charge in [0.15, 0.2) is 625 Å². The Morgan fingerprint density at radius 1 is 0.0465 bits per heavy atom. The Balaban J connectivity index is 0. The summed E-state index contributed by atoms with van der Waals surface area (Å²) in [6, 6.07) is 0. The molecule has 7 nitrogen and oxygen atoms in total. The van der Waals surface area contributed by atoms with Crippen LogP contribution in [0.25, 0.3) is 0 Å². The molecule has 0 rings (SSSR count). The molecule has 272 valence electrons. The van der Waals surface area contributed by atoms with Gasteiger partial charge in [-0.3, -0.25) is 0 Å². The van der Waals surface area contributed by atoms with Crippen molar-refractivity contribution in [3.8, 4) is 0 Å². The third kappa shape index (κ3) is 592. The quantitative estimate of drug-likeness (QED) is 0.207.